The summed E-state index contributed by atoms with van der Waals surface area (Å²) in [5, 5.41) is 3.62. The molecular formula is C17H26N2. The van der Waals surface area contributed by atoms with Crippen molar-refractivity contribution in [2.75, 3.05) is 26.2 Å². The van der Waals surface area contributed by atoms with Crippen LogP contribution in [0.3, 0.4) is 0 Å². The Morgan fingerprint density at radius 1 is 1.32 bits per heavy atom. The zero-order chi connectivity index (χ0) is 13.5. The number of allylic oxidation sites excluding steroid dienone is 1. The summed E-state index contributed by atoms with van der Waals surface area (Å²) in [6.45, 7) is 8.94. The van der Waals surface area contributed by atoms with E-state index in [0.29, 0.717) is 6.04 Å². The fourth-order valence-electron chi connectivity index (χ4n) is 2.56. The molecule has 1 saturated heterocycles. The molecule has 0 radical (unpaired) electrons. The Morgan fingerprint density at radius 2 is 2.11 bits per heavy atom. The average molecular weight is 258 g/mol. The second-order valence-corrected chi connectivity index (χ2v) is 5.71. The fourth-order valence-corrected chi connectivity index (χ4v) is 2.56. The summed E-state index contributed by atoms with van der Waals surface area (Å²) in [6.07, 6.45) is 4.72. The van der Waals surface area contributed by atoms with Crippen molar-refractivity contribution in [3.63, 3.8) is 0 Å². The van der Waals surface area contributed by atoms with Crippen molar-refractivity contribution >= 4 is 0 Å². The molecule has 0 spiro atoms. The van der Waals surface area contributed by atoms with Crippen LogP contribution in [-0.4, -0.2) is 37.1 Å². The number of likely N-dealkylation sites (tertiary alicyclic amines) is 1. The minimum absolute atomic E-state index is 0.673. The third kappa shape index (κ3) is 5.17. The maximum absolute atomic E-state index is 3.62. The van der Waals surface area contributed by atoms with Gasteiger partial charge in [-0.25, -0.2) is 0 Å². The van der Waals surface area contributed by atoms with Crippen LogP contribution >= 0.6 is 0 Å². The molecule has 2 heteroatoms. The standard InChI is InChI=1S/C17H26N2/c1-15(2)8-11-18-17-10-13-19(14-17)12-9-16-6-4-3-5-7-16/h3-8,17-18H,9-14H2,1-2H3. The maximum atomic E-state index is 3.62. The highest BCUT2D eigenvalue weighted by Crippen LogP contribution is 2.10. The van der Waals surface area contributed by atoms with Crippen LogP contribution in [0, 0.1) is 0 Å². The minimum Gasteiger partial charge on any atom is -0.309 e. The van der Waals surface area contributed by atoms with E-state index in [4.69, 9.17) is 0 Å². The van der Waals surface area contributed by atoms with Gasteiger partial charge in [0.1, 0.15) is 0 Å². The third-order valence-corrected chi connectivity index (χ3v) is 3.75. The van der Waals surface area contributed by atoms with E-state index in [-0.39, 0.29) is 0 Å². The van der Waals surface area contributed by atoms with E-state index < -0.39 is 0 Å². The summed E-state index contributed by atoms with van der Waals surface area (Å²) in [7, 11) is 0. The predicted molar refractivity (Wildman–Crippen MR) is 82.4 cm³/mol. The lowest BCUT2D eigenvalue weighted by Crippen LogP contribution is -2.33. The van der Waals surface area contributed by atoms with Crippen molar-refractivity contribution in [2.24, 2.45) is 0 Å². The Kier molecular flexibility index (Phi) is 5.62. The molecule has 104 valence electrons. The van der Waals surface area contributed by atoms with Crippen LogP contribution in [0.4, 0.5) is 0 Å². The molecular weight excluding hydrogens is 232 g/mol. The lowest BCUT2D eigenvalue weighted by Gasteiger charge is -2.16. The Balaban J connectivity index is 1.66. The number of benzene rings is 1. The van der Waals surface area contributed by atoms with E-state index in [1.165, 1.54) is 43.6 Å². The van der Waals surface area contributed by atoms with Gasteiger partial charge in [-0.1, -0.05) is 42.0 Å². The molecule has 0 bridgehead atoms. The summed E-state index contributed by atoms with van der Waals surface area (Å²) in [5.74, 6) is 0. The fraction of sp³-hybridized carbons (Fsp3) is 0.529. The van der Waals surface area contributed by atoms with Gasteiger partial charge in [-0.05, 0) is 38.8 Å². The minimum atomic E-state index is 0.673. The van der Waals surface area contributed by atoms with E-state index in [0.717, 1.165) is 6.54 Å². The molecule has 1 aromatic rings. The van der Waals surface area contributed by atoms with E-state index in [2.05, 4.69) is 60.5 Å². The smallest absolute Gasteiger partial charge is 0.0210 e. The van der Waals surface area contributed by atoms with Crippen LogP contribution in [0.2, 0.25) is 0 Å². The first kappa shape index (κ1) is 14.3. The molecule has 1 N–H and O–H groups in total. The highest BCUT2D eigenvalue weighted by molar-refractivity contribution is 5.14. The van der Waals surface area contributed by atoms with E-state index >= 15 is 0 Å². The van der Waals surface area contributed by atoms with Crippen molar-refractivity contribution in [1.29, 1.82) is 0 Å². The number of rotatable bonds is 6. The Labute approximate surface area is 117 Å². The van der Waals surface area contributed by atoms with Crippen LogP contribution in [0.1, 0.15) is 25.8 Å². The molecule has 1 aliphatic rings. The lowest BCUT2D eigenvalue weighted by atomic mass is 10.1. The number of hydrogen-bond acceptors (Lipinski definition) is 2. The molecule has 1 atom stereocenters. The third-order valence-electron chi connectivity index (χ3n) is 3.75. The molecule has 1 unspecified atom stereocenters. The zero-order valence-electron chi connectivity index (χ0n) is 12.2. The maximum Gasteiger partial charge on any atom is 0.0210 e. The van der Waals surface area contributed by atoms with Crippen molar-refractivity contribution in [2.45, 2.75) is 32.7 Å². The molecule has 19 heavy (non-hydrogen) atoms. The molecule has 1 aromatic carbocycles. The van der Waals surface area contributed by atoms with Crippen molar-refractivity contribution < 1.29 is 0 Å². The summed E-state index contributed by atoms with van der Waals surface area (Å²) in [6, 6.07) is 11.5. The highest BCUT2D eigenvalue weighted by Gasteiger charge is 2.20. The van der Waals surface area contributed by atoms with Gasteiger partial charge in [-0.3, -0.25) is 0 Å². The van der Waals surface area contributed by atoms with Gasteiger partial charge in [-0.15, -0.1) is 0 Å². The normalized spacial score (nSPS) is 19.6. The Bertz CT molecular complexity index is 393. The van der Waals surface area contributed by atoms with Gasteiger partial charge >= 0.3 is 0 Å². The molecule has 0 aromatic heterocycles. The van der Waals surface area contributed by atoms with Gasteiger partial charge < -0.3 is 10.2 Å². The van der Waals surface area contributed by atoms with Gasteiger partial charge in [0, 0.05) is 25.7 Å². The van der Waals surface area contributed by atoms with Crippen LogP contribution < -0.4 is 5.32 Å². The van der Waals surface area contributed by atoms with Crippen molar-refractivity contribution in [3.05, 3.63) is 47.5 Å². The molecule has 1 fully saturated rings. The zero-order valence-corrected chi connectivity index (χ0v) is 12.2. The molecule has 0 amide bonds. The highest BCUT2D eigenvalue weighted by atomic mass is 15.2. The molecule has 0 saturated carbocycles. The van der Waals surface area contributed by atoms with Crippen LogP contribution in [0.5, 0.6) is 0 Å². The van der Waals surface area contributed by atoms with Crippen molar-refractivity contribution in [3.8, 4) is 0 Å². The van der Waals surface area contributed by atoms with Crippen LogP contribution in [0.25, 0.3) is 0 Å². The molecule has 1 aliphatic heterocycles. The number of nitrogens with zero attached hydrogens (tertiary/aromatic N) is 1. The summed E-state index contributed by atoms with van der Waals surface area (Å²) < 4.78 is 0. The van der Waals surface area contributed by atoms with Crippen LogP contribution in [-0.2, 0) is 6.42 Å². The number of nitrogens with one attached hydrogen (secondary N) is 1. The van der Waals surface area contributed by atoms with Crippen molar-refractivity contribution in [1.82, 2.24) is 10.2 Å². The Hall–Kier alpha value is -1.12. The van der Waals surface area contributed by atoms with Gasteiger partial charge in [0.2, 0.25) is 0 Å². The second kappa shape index (κ2) is 7.46. The quantitative estimate of drug-likeness (QED) is 0.789. The Morgan fingerprint density at radius 3 is 2.84 bits per heavy atom. The lowest BCUT2D eigenvalue weighted by molar-refractivity contribution is 0.333. The first-order valence-corrected chi connectivity index (χ1v) is 7.37. The first-order valence-electron chi connectivity index (χ1n) is 7.37. The van der Waals surface area contributed by atoms with E-state index in [1.807, 2.05) is 0 Å². The molecule has 0 aliphatic carbocycles. The second-order valence-electron chi connectivity index (χ2n) is 5.71. The molecule has 2 rings (SSSR count). The summed E-state index contributed by atoms with van der Waals surface area (Å²) >= 11 is 0. The first-order chi connectivity index (χ1) is 9.24. The topological polar surface area (TPSA) is 15.3 Å². The van der Waals surface area contributed by atoms with E-state index in [9.17, 15) is 0 Å². The average Bonchev–Trinajstić information content (AvgIpc) is 2.85. The van der Waals surface area contributed by atoms with Gasteiger partial charge in [0.25, 0.3) is 0 Å². The predicted octanol–water partition coefficient (Wildman–Crippen LogP) is 2.86. The summed E-state index contributed by atoms with van der Waals surface area (Å²) in [5.41, 5.74) is 2.84. The molecule has 1 heterocycles. The monoisotopic (exact) mass is 258 g/mol. The van der Waals surface area contributed by atoms with Crippen LogP contribution in [0.15, 0.2) is 42.0 Å². The van der Waals surface area contributed by atoms with Gasteiger partial charge in [-0.2, -0.15) is 0 Å². The van der Waals surface area contributed by atoms with Gasteiger partial charge in [0.05, 0.1) is 0 Å². The summed E-state index contributed by atoms with van der Waals surface area (Å²) in [4.78, 5) is 2.58. The molecule has 2 nitrogen and oxygen atoms in total. The van der Waals surface area contributed by atoms with E-state index in [1.54, 1.807) is 0 Å². The largest absolute Gasteiger partial charge is 0.309 e. The number of hydrogen-bond donors (Lipinski definition) is 1. The SMILES string of the molecule is CC(C)=CCNC1CCN(CCc2ccccc2)C1. The van der Waals surface area contributed by atoms with Gasteiger partial charge in [0.15, 0.2) is 0 Å².